The molecular weight excluding hydrogens is 274 g/mol. The van der Waals surface area contributed by atoms with Gasteiger partial charge in [0.15, 0.2) is 5.82 Å². The van der Waals surface area contributed by atoms with Gasteiger partial charge in [-0.05, 0) is 51.2 Å². The van der Waals surface area contributed by atoms with E-state index in [1.54, 1.807) is 0 Å². The number of H-pyrrole nitrogens is 1. The minimum absolute atomic E-state index is 0.561. The van der Waals surface area contributed by atoms with Gasteiger partial charge in [-0.2, -0.15) is 5.10 Å². The molecule has 4 rings (SSSR count). The largest absolute Gasteiger partial charge is 0.317 e. The number of likely N-dealkylation sites (tertiary alicyclic amines) is 1. The normalized spacial score (nSPS) is 28.6. The van der Waals surface area contributed by atoms with Crippen molar-refractivity contribution in [2.45, 2.75) is 63.3 Å². The molecule has 3 heterocycles. The van der Waals surface area contributed by atoms with Gasteiger partial charge in [0.25, 0.3) is 0 Å². The van der Waals surface area contributed by atoms with E-state index < -0.39 is 0 Å². The minimum Gasteiger partial charge on any atom is -0.317 e. The van der Waals surface area contributed by atoms with E-state index in [1.807, 2.05) is 0 Å². The van der Waals surface area contributed by atoms with Crippen LogP contribution in [0.2, 0.25) is 0 Å². The lowest BCUT2D eigenvalue weighted by molar-refractivity contribution is 0.121. The molecule has 3 aliphatic rings. The van der Waals surface area contributed by atoms with Crippen LogP contribution in [0.25, 0.3) is 0 Å². The molecule has 0 radical (unpaired) electrons. The molecule has 5 nitrogen and oxygen atoms in total. The zero-order valence-corrected chi connectivity index (χ0v) is 13.6. The second-order valence-electron chi connectivity index (χ2n) is 7.45. The van der Waals surface area contributed by atoms with E-state index in [-0.39, 0.29) is 0 Å². The van der Waals surface area contributed by atoms with Crippen molar-refractivity contribution >= 4 is 0 Å². The highest BCUT2D eigenvalue weighted by atomic mass is 15.2. The highest BCUT2D eigenvalue weighted by molar-refractivity contribution is 5.02. The number of nitrogens with one attached hydrogen (secondary N) is 2. The molecular formula is C17H29N5. The average molecular weight is 303 g/mol. The van der Waals surface area contributed by atoms with E-state index in [1.165, 1.54) is 71.1 Å². The van der Waals surface area contributed by atoms with Crippen molar-refractivity contribution in [2.24, 2.45) is 5.92 Å². The van der Waals surface area contributed by atoms with Gasteiger partial charge in [0.2, 0.25) is 0 Å². The van der Waals surface area contributed by atoms with Crippen molar-refractivity contribution in [3.05, 3.63) is 11.6 Å². The SMILES string of the molecule is C1CC(Cc2n[nH]c(C3CCCN(C4CCNCC4)C3)n2)C1. The molecule has 2 saturated heterocycles. The fourth-order valence-corrected chi connectivity index (χ4v) is 4.27. The Morgan fingerprint density at radius 1 is 1.05 bits per heavy atom. The Kier molecular flexibility index (Phi) is 4.44. The third kappa shape index (κ3) is 3.20. The van der Waals surface area contributed by atoms with Crippen LogP contribution >= 0.6 is 0 Å². The molecule has 2 N–H and O–H groups in total. The fourth-order valence-electron chi connectivity index (χ4n) is 4.27. The van der Waals surface area contributed by atoms with Crippen molar-refractivity contribution in [3.8, 4) is 0 Å². The van der Waals surface area contributed by atoms with E-state index in [0.29, 0.717) is 5.92 Å². The smallest absolute Gasteiger partial charge is 0.150 e. The van der Waals surface area contributed by atoms with Crippen LogP contribution in [0.15, 0.2) is 0 Å². The quantitative estimate of drug-likeness (QED) is 0.894. The maximum Gasteiger partial charge on any atom is 0.150 e. The highest BCUT2D eigenvalue weighted by Gasteiger charge is 2.29. The summed E-state index contributed by atoms with van der Waals surface area (Å²) in [7, 11) is 0. The summed E-state index contributed by atoms with van der Waals surface area (Å²) >= 11 is 0. The zero-order valence-electron chi connectivity index (χ0n) is 13.6. The van der Waals surface area contributed by atoms with E-state index in [2.05, 4.69) is 20.4 Å². The first kappa shape index (κ1) is 14.6. The highest BCUT2D eigenvalue weighted by Crippen LogP contribution is 2.30. The Morgan fingerprint density at radius 3 is 2.68 bits per heavy atom. The van der Waals surface area contributed by atoms with Gasteiger partial charge in [-0.15, -0.1) is 0 Å². The predicted octanol–water partition coefficient (Wildman–Crippen LogP) is 2.08. The van der Waals surface area contributed by atoms with Crippen LogP contribution < -0.4 is 5.32 Å². The first-order chi connectivity index (χ1) is 10.9. The predicted molar refractivity (Wildman–Crippen MR) is 86.9 cm³/mol. The third-order valence-electron chi connectivity index (χ3n) is 5.91. The molecule has 1 aromatic rings. The van der Waals surface area contributed by atoms with Gasteiger partial charge < -0.3 is 5.32 Å². The van der Waals surface area contributed by atoms with Crippen LogP contribution in [0.5, 0.6) is 0 Å². The monoisotopic (exact) mass is 303 g/mol. The summed E-state index contributed by atoms with van der Waals surface area (Å²) in [6.45, 7) is 4.80. The van der Waals surface area contributed by atoms with Gasteiger partial charge in [0, 0.05) is 24.9 Å². The number of hydrogen-bond acceptors (Lipinski definition) is 4. The molecule has 0 amide bonds. The molecule has 1 aromatic heterocycles. The van der Waals surface area contributed by atoms with Crippen LogP contribution in [-0.2, 0) is 6.42 Å². The van der Waals surface area contributed by atoms with Crippen molar-refractivity contribution in [3.63, 3.8) is 0 Å². The molecule has 1 unspecified atom stereocenters. The summed E-state index contributed by atoms with van der Waals surface area (Å²) in [4.78, 5) is 7.54. The van der Waals surface area contributed by atoms with Crippen molar-refractivity contribution in [1.29, 1.82) is 0 Å². The first-order valence-electron chi connectivity index (χ1n) is 9.24. The third-order valence-corrected chi connectivity index (χ3v) is 5.91. The molecule has 3 fully saturated rings. The van der Waals surface area contributed by atoms with Crippen LogP contribution in [0, 0.1) is 5.92 Å². The molecule has 5 heteroatoms. The lowest BCUT2D eigenvalue weighted by atomic mass is 9.83. The maximum atomic E-state index is 4.83. The Morgan fingerprint density at radius 2 is 1.91 bits per heavy atom. The number of piperidine rings is 2. The van der Waals surface area contributed by atoms with Crippen LogP contribution in [0.3, 0.4) is 0 Å². The number of aromatic nitrogens is 3. The molecule has 0 spiro atoms. The van der Waals surface area contributed by atoms with Gasteiger partial charge in [0.05, 0.1) is 0 Å². The van der Waals surface area contributed by atoms with Crippen LogP contribution in [-0.4, -0.2) is 52.3 Å². The molecule has 1 atom stereocenters. The molecule has 122 valence electrons. The molecule has 0 aromatic carbocycles. The van der Waals surface area contributed by atoms with E-state index >= 15 is 0 Å². The zero-order chi connectivity index (χ0) is 14.8. The summed E-state index contributed by atoms with van der Waals surface area (Å²) in [5.74, 6) is 3.61. The summed E-state index contributed by atoms with van der Waals surface area (Å²) in [5, 5.41) is 11.2. The Hall–Kier alpha value is -0.940. The average Bonchev–Trinajstić information content (AvgIpc) is 3.01. The number of hydrogen-bond donors (Lipinski definition) is 2. The maximum absolute atomic E-state index is 4.83. The molecule has 2 aliphatic heterocycles. The second kappa shape index (κ2) is 6.67. The van der Waals surface area contributed by atoms with Gasteiger partial charge in [-0.1, -0.05) is 19.3 Å². The fraction of sp³-hybridized carbons (Fsp3) is 0.882. The molecule has 1 aliphatic carbocycles. The van der Waals surface area contributed by atoms with Crippen LogP contribution in [0.1, 0.15) is 62.5 Å². The van der Waals surface area contributed by atoms with Gasteiger partial charge in [0.1, 0.15) is 5.82 Å². The van der Waals surface area contributed by atoms with Crippen LogP contribution in [0.4, 0.5) is 0 Å². The van der Waals surface area contributed by atoms with Gasteiger partial charge in [-0.25, -0.2) is 4.98 Å². The molecule has 0 bridgehead atoms. The lowest BCUT2D eigenvalue weighted by Gasteiger charge is -2.39. The van der Waals surface area contributed by atoms with E-state index in [4.69, 9.17) is 4.98 Å². The Balaban J connectivity index is 1.36. The molecule has 1 saturated carbocycles. The lowest BCUT2D eigenvalue weighted by Crippen LogP contribution is -2.47. The summed E-state index contributed by atoms with van der Waals surface area (Å²) < 4.78 is 0. The summed E-state index contributed by atoms with van der Waals surface area (Å²) in [5.41, 5.74) is 0. The first-order valence-corrected chi connectivity index (χ1v) is 9.24. The van der Waals surface area contributed by atoms with Crippen molar-refractivity contribution < 1.29 is 0 Å². The summed E-state index contributed by atoms with van der Waals surface area (Å²) in [6, 6.07) is 0.779. The number of nitrogens with zero attached hydrogens (tertiary/aromatic N) is 3. The molecule has 22 heavy (non-hydrogen) atoms. The van der Waals surface area contributed by atoms with E-state index in [0.717, 1.165) is 30.0 Å². The Bertz CT molecular complexity index is 475. The van der Waals surface area contributed by atoms with E-state index in [9.17, 15) is 0 Å². The van der Waals surface area contributed by atoms with Gasteiger partial charge >= 0.3 is 0 Å². The second-order valence-corrected chi connectivity index (χ2v) is 7.45. The van der Waals surface area contributed by atoms with Gasteiger partial charge in [-0.3, -0.25) is 10.00 Å². The minimum atomic E-state index is 0.561. The number of rotatable bonds is 4. The van der Waals surface area contributed by atoms with Crippen molar-refractivity contribution in [2.75, 3.05) is 26.2 Å². The summed E-state index contributed by atoms with van der Waals surface area (Å²) in [6.07, 6.45) is 10.4. The topological polar surface area (TPSA) is 56.8 Å². The van der Waals surface area contributed by atoms with Crippen molar-refractivity contribution in [1.82, 2.24) is 25.4 Å². The number of aromatic amines is 1. The Labute approximate surface area is 133 Å². The standard InChI is InChI=1S/C17H29N5/c1-3-13(4-1)11-16-19-17(21-20-16)14-5-2-10-22(12-14)15-6-8-18-9-7-15/h13-15,18H,1-12H2,(H,19,20,21).